The Morgan fingerprint density at radius 3 is 2.59 bits per heavy atom. The smallest absolute Gasteiger partial charge is 0.255 e. The van der Waals surface area contributed by atoms with Gasteiger partial charge in [0, 0.05) is 5.56 Å². The van der Waals surface area contributed by atoms with Crippen LogP contribution in [0.4, 0.5) is 5.69 Å². The summed E-state index contributed by atoms with van der Waals surface area (Å²) in [5.74, 6) is 0.995. The Hall–Kier alpha value is -3.48. The van der Waals surface area contributed by atoms with Gasteiger partial charge in [0.15, 0.2) is 6.73 Å². The average Bonchev–Trinajstić information content (AvgIpc) is 3.31. The summed E-state index contributed by atoms with van der Waals surface area (Å²) in [6.07, 6.45) is 4.27. The molecule has 0 radical (unpaired) electrons. The highest BCUT2D eigenvalue weighted by Gasteiger charge is 2.10. The Labute approximate surface area is 208 Å². The monoisotopic (exact) mass is 495 g/mol. The Morgan fingerprint density at radius 1 is 1.00 bits per heavy atom. The molecule has 0 aliphatic rings. The second-order valence-corrected chi connectivity index (χ2v) is 8.32. The summed E-state index contributed by atoms with van der Waals surface area (Å²) in [7, 11) is 0. The van der Waals surface area contributed by atoms with E-state index < -0.39 is 0 Å². The summed E-state index contributed by atoms with van der Waals surface area (Å²) < 4.78 is 13.1. The van der Waals surface area contributed by atoms with Gasteiger partial charge in [-0.15, -0.1) is 0 Å². The molecule has 1 amide bonds. The van der Waals surface area contributed by atoms with Crippen LogP contribution >= 0.6 is 23.2 Å². The molecule has 4 aromatic rings. The molecule has 0 bridgehead atoms. The van der Waals surface area contributed by atoms with E-state index in [0.29, 0.717) is 27.0 Å². The molecule has 0 unspecified atom stereocenters. The Kier molecular flexibility index (Phi) is 7.72. The molecule has 6 nitrogen and oxygen atoms in total. The van der Waals surface area contributed by atoms with Gasteiger partial charge in [0.1, 0.15) is 23.1 Å². The van der Waals surface area contributed by atoms with Crippen molar-refractivity contribution < 1.29 is 14.3 Å². The van der Waals surface area contributed by atoms with Crippen molar-refractivity contribution in [2.45, 2.75) is 26.7 Å². The van der Waals surface area contributed by atoms with Crippen LogP contribution in [0, 0.1) is 0 Å². The maximum Gasteiger partial charge on any atom is 0.255 e. The van der Waals surface area contributed by atoms with Crippen LogP contribution in [0.2, 0.25) is 10.0 Å². The van der Waals surface area contributed by atoms with E-state index in [1.54, 1.807) is 53.5 Å². The molecule has 0 saturated carbocycles. The highest BCUT2D eigenvalue weighted by atomic mass is 35.5. The second-order valence-electron chi connectivity index (χ2n) is 7.53. The molecule has 4 rings (SSSR count). The first-order chi connectivity index (χ1) is 16.5. The largest absolute Gasteiger partial charge is 0.487 e. The number of carbonyl (C=O) groups is 1. The molecule has 1 N–H and O–H groups in total. The molecule has 0 saturated heterocycles. The first kappa shape index (κ1) is 23.7. The molecule has 0 atom stereocenters. The predicted molar refractivity (Wildman–Crippen MR) is 134 cm³/mol. The zero-order valence-electron chi connectivity index (χ0n) is 18.5. The number of anilines is 1. The number of nitrogens with zero attached hydrogens (tertiary/aromatic N) is 2. The van der Waals surface area contributed by atoms with Gasteiger partial charge < -0.3 is 14.8 Å². The number of hydrogen-bond acceptors (Lipinski definition) is 4. The van der Waals surface area contributed by atoms with E-state index in [-0.39, 0.29) is 19.2 Å². The van der Waals surface area contributed by atoms with Gasteiger partial charge in [0.05, 0.1) is 23.1 Å². The summed E-state index contributed by atoms with van der Waals surface area (Å²) in [4.78, 5) is 12.7. The van der Waals surface area contributed by atoms with Crippen LogP contribution in [0.15, 0.2) is 79.1 Å². The number of nitrogens with one attached hydrogen (secondary N) is 1. The topological polar surface area (TPSA) is 65.4 Å². The molecule has 1 heterocycles. The lowest BCUT2D eigenvalue weighted by Crippen LogP contribution is -2.12. The van der Waals surface area contributed by atoms with E-state index in [9.17, 15) is 4.79 Å². The molecular weight excluding hydrogens is 473 g/mol. The number of amides is 1. The maximum atomic E-state index is 12.7. The normalized spacial score (nSPS) is 10.7. The van der Waals surface area contributed by atoms with Crippen molar-refractivity contribution in [3.63, 3.8) is 0 Å². The molecule has 0 fully saturated rings. The SMILES string of the molecule is CCc1ccc(OCn2cc(NC(=O)c3cccc(COc4cccc(Cl)c4Cl)c3)cn2)cc1. The first-order valence-corrected chi connectivity index (χ1v) is 11.5. The zero-order valence-corrected chi connectivity index (χ0v) is 20.0. The van der Waals surface area contributed by atoms with E-state index in [0.717, 1.165) is 17.7 Å². The van der Waals surface area contributed by atoms with Crippen molar-refractivity contribution in [3.05, 3.63) is 106 Å². The lowest BCUT2D eigenvalue weighted by molar-refractivity contribution is 0.102. The summed E-state index contributed by atoms with van der Waals surface area (Å²) in [5.41, 5.74) is 3.14. The van der Waals surface area contributed by atoms with Crippen molar-refractivity contribution in [1.29, 1.82) is 0 Å². The van der Waals surface area contributed by atoms with Gasteiger partial charge in [0.25, 0.3) is 5.91 Å². The summed E-state index contributed by atoms with van der Waals surface area (Å²) in [5, 5.41) is 7.88. The number of aryl methyl sites for hydroxylation is 1. The van der Waals surface area contributed by atoms with Crippen LogP contribution < -0.4 is 14.8 Å². The van der Waals surface area contributed by atoms with E-state index in [1.165, 1.54) is 5.56 Å². The van der Waals surface area contributed by atoms with Crippen molar-refractivity contribution in [3.8, 4) is 11.5 Å². The molecule has 34 heavy (non-hydrogen) atoms. The van der Waals surface area contributed by atoms with E-state index >= 15 is 0 Å². The van der Waals surface area contributed by atoms with E-state index in [1.807, 2.05) is 30.3 Å². The van der Waals surface area contributed by atoms with Crippen molar-refractivity contribution in [2.75, 3.05) is 5.32 Å². The minimum absolute atomic E-state index is 0.236. The number of halogens is 2. The minimum atomic E-state index is -0.252. The maximum absolute atomic E-state index is 12.7. The standard InChI is InChI=1S/C26H23Cl2N3O3/c1-2-18-9-11-22(12-10-18)34-17-31-15-21(14-29-31)30-26(32)20-6-3-5-19(13-20)16-33-24-8-4-7-23(27)25(24)28/h3-15H,2,16-17H2,1H3,(H,30,32). The summed E-state index contributed by atoms with van der Waals surface area (Å²) >= 11 is 12.2. The number of rotatable bonds is 9. The third kappa shape index (κ3) is 6.10. The molecular formula is C26H23Cl2N3O3. The molecule has 0 aliphatic carbocycles. The number of carbonyl (C=O) groups excluding carboxylic acids is 1. The number of ether oxygens (including phenoxy) is 2. The molecule has 1 aromatic heterocycles. The van der Waals surface area contributed by atoms with Crippen LogP contribution in [-0.2, 0) is 19.8 Å². The fourth-order valence-electron chi connectivity index (χ4n) is 3.22. The minimum Gasteiger partial charge on any atom is -0.487 e. The van der Waals surface area contributed by atoms with Gasteiger partial charge in [-0.05, 0) is 53.9 Å². The van der Waals surface area contributed by atoms with Crippen molar-refractivity contribution in [1.82, 2.24) is 9.78 Å². The van der Waals surface area contributed by atoms with E-state index in [4.69, 9.17) is 32.7 Å². The Morgan fingerprint density at radius 2 is 1.79 bits per heavy atom. The Balaban J connectivity index is 1.33. The fraction of sp³-hybridized carbons (Fsp3) is 0.154. The zero-order chi connectivity index (χ0) is 23.9. The second kappa shape index (κ2) is 11.1. The van der Waals surface area contributed by atoms with Crippen molar-refractivity contribution >= 4 is 34.8 Å². The third-order valence-corrected chi connectivity index (χ3v) is 5.89. The number of benzene rings is 3. The molecule has 174 valence electrons. The molecule has 3 aromatic carbocycles. The Bertz CT molecular complexity index is 1270. The predicted octanol–water partition coefficient (Wildman–Crippen LogP) is 6.62. The quantitative estimate of drug-likeness (QED) is 0.283. The highest BCUT2D eigenvalue weighted by Crippen LogP contribution is 2.32. The lowest BCUT2D eigenvalue weighted by atomic mass is 10.1. The van der Waals surface area contributed by atoms with Gasteiger partial charge in [-0.2, -0.15) is 5.10 Å². The van der Waals surface area contributed by atoms with Crippen molar-refractivity contribution in [2.24, 2.45) is 0 Å². The van der Waals surface area contributed by atoms with Gasteiger partial charge in [0.2, 0.25) is 0 Å². The molecule has 0 aliphatic heterocycles. The van der Waals surface area contributed by atoms with Crippen LogP contribution in [0.3, 0.4) is 0 Å². The summed E-state index contributed by atoms with van der Waals surface area (Å²) in [6, 6.07) is 20.3. The number of hydrogen-bond donors (Lipinski definition) is 1. The highest BCUT2D eigenvalue weighted by molar-refractivity contribution is 6.42. The fourth-order valence-corrected chi connectivity index (χ4v) is 3.57. The van der Waals surface area contributed by atoms with Gasteiger partial charge in [-0.1, -0.05) is 60.5 Å². The van der Waals surface area contributed by atoms with Crippen LogP contribution in [0.5, 0.6) is 11.5 Å². The molecule has 8 heteroatoms. The van der Waals surface area contributed by atoms with Gasteiger partial charge in [-0.25, -0.2) is 4.68 Å². The lowest BCUT2D eigenvalue weighted by Gasteiger charge is -2.10. The van der Waals surface area contributed by atoms with Crippen LogP contribution in [0.1, 0.15) is 28.4 Å². The van der Waals surface area contributed by atoms with Crippen LogP contribution in [0.25, 0.3) is 0 Å². The van der Waals surface area contributed by atoms with Gasteiger partial charge >= 0.3 is 0 Å². The number of aromatic nitrogens is 2. The van der Waals surface area contributed by atoms with E-state index in [2.05, 4.69) is 17.3 Å². The van der Waals surface area contributed by atoms with Crippen LogP contribution in [-0.4, -0.2) is 15.7 Å². The molecule has 0 spiro atoms. The average molecular weight is 496 g/mol. The first-order valence-electron chi connectivity index (χ1n) is 10.7. The summed E-state index contributed by atoms with van der Waals surface area (Å²) in [6.45, 7) is 2.59. The third-order valence-electron chi connectivity index (χ3n) is 5.09. The van der Waals surface area contributed by atoms with Gasteiger partial charge in [-0.3, -0.25) is 4.79 Å².